The zero-order valence-corrected chi connectivity index (χ0v) is 18.8. The molecule has 0 bridgehead atoms. The second-order valence-electron chi connectivity index (χ2n) is 1.56. The van der Waals surface area contributed by atoms with Gasteiger partial charge in [0.1, 0.15) is 0 Å². The van der Waals surface area contributed by atoms with Crippen molar-refractivity contribution in [3.63, 3.8) is 0 Å². The molecular formula is C6H10NO3Pb2S-. The van der Waals surface area contributed by atoms with E-state index in [1.54, 1.807) is 0 Å². The van der Waals surface area contributed by atoms with Crippen LogP contribution in [0.25, 0.3) is 0 Å². The van der Waals surface area contributed by atoms with Crippen LogP contribution in [-0.4, -0.2) is 59.7 Å². The molecule has 0 aliphatic heterocycles. The third-order valence-electron chi connectivity index (χ3n) is 0.756. The maximum atomic E-state index is 8.25. The maximum absolute atomic E-state index is 8.25. The first-order chi connectivity index (χ1) is 5.13. The molecule has 0 amide bonds. The summed E-state index contributed by atoms with van der Waals surface area (Å²) < 4.78 is 0. The van der Waals surface area contributed by atoms with Crippen LogP contribution in [0, 0.1) is 15.3 Å². The Morgan fingerprint density at radius 1 is 1.08 bits per heavy atom. The second kappa shape index (κ2) is 12.6. The molecule has 0 spiro atoms. The summed E-state index contributed by atoms with van der Waals surface area (Å²) in [6.45, 7) is 0. The Bertz CT molecular complexity index is 218. The van der Waals surface area contributed by atoms with Crippen molar-refractivity contribution < 1.29 is 5.09 Å². The zero-order chi connectivity index (χ0) is 8.69. The molecule has 0 saturated heterocycles. The Balaban J connectivity index is -0.000000150. The van der Waals surface area contributed by atoms with E-state index in [1.165, 1.54) is 0 Å². The van der Waals surface area contributed by atoms with E-state index in [-0.39, 0.29) is 54.6 Å². The monoisotopic (exact) mass is 592 g/mol. The summed E-state index contributed by atoms with van der Waals surface area (Å²) in [5.74, 6) is 0. The van der Waals surface area contributed by atoms with Crippen LogP contribution in [0.3, 0.4) is 0 Å². The molecule has 0 aromatic heterocycles. The molecule has 0 heterocycles. The third-order valence-corrected chi connectivity index (χ3v) is 1.05. The van der Waals surface area contributed by atoms with Crippen LogP contribution in [0.15, 0.2) is 35.2 Å². The van der Waals surface area contributed by atoms with Crippen LogP contribution < -0.4 is 0 Å². The summed E-state index contributed by atoms with van der Waals surface area (Å²) in [7, 11) is 0. The van der Waals surface area contributed by atoms with E-state index < -0.39 is 5.09 Å². The van der Waals surface area contributed by atoms with Crippen molar-refractivity contribution in [3.05, 3.63) is 45.7 Å². The fourth-order valence-corrected chi connectivity index (χ4v) is 0.600. The van der Waals surface area contributed by atoms with Gasteiger partial charge >= 0.3 is 54.6 Å². The van der Waals surface area contributed by atoms with E-state index in [0.29, 0.717) is 0 Å². The predicted octanol–water partition coefficient (Wildman–Crippen LogP) is -0.0962. The van der Waals surface area contributed by atoms with Crippen molar-refractivity contribution in [2.24, 2.45) is 0 Å². The van der Waals surface area contributed by atoms with Crippen LogP contribution >= 0.6 is 12.6 Å². The first-order valence-electron chi connectivity index (χ1n) is 2.68. The molecule has 0 saturated carbocycles. The summed E-state index contributed by atoms with van der Waals surface area (Å²) in [6.07, 6.45) is 0. The Kier molecular flexibility index (Phi) is 18.7. The topological polar surface area (TPSA) is 66.2 Å². The summed E-state index contributed by atoms with van der Waals surface area (Å²) in [4.78, 5) is 9.27. The number of benzene rings is 1. The third kappa shape index (κ3) is 19.2. The van der Waals surface area contributed by atoms with Crippen molar-refractivity contribution in [1.82, 2.24) is 0 Å². The number of hydrogen-bond donors (Lipinski definition) is 1. The van der Waals surface area contributed by atoms with Crippen LogP contribution in [0.4, 0.5) is 0 Å². The van der Waals surface area contributed by atoms with Gasteiger partial charge in [0.2, 0.25) is 0 Å². The molecule has 0 atom stereocenters. The van der Waals surface area contributed by atoms with E-state index in [4.69, 9.17) is 15.3 Å². The van der Waals surface area contributed by atoms with E-state index in [2.05, 4.69) is 12.6 Å². The summed E-state index contributed by atoms with van der Waals surface area (Å²) >= 11 is 4.08. The molecule has 1 aromatic rings. The molecule has 72 valence electrons. The summed E-state index contributed by atoms with van der Waals surface area (Å²) in [5, 5.41) is 14.8. The molecule has 0 aliphatic rings. The molecule has 1 rings (SSSR count). The van der Waals surface area contributed by atoms with Crippen molar-refractivity contribution in [2.45, 2.75) is 4.90 Å². The predicted molar refractivity (Wildman–Crippen MR) is 61.1 cm³/mol. The first kappa shape index (κ1) is 19.2. The van der Waals surface area contributed by atoms with Crippen LogP contribution in [-0.2, 0) is 0 Å². The fourth-order valence-electron chi connectivity index (χ4n) is 0.428. The van der Waals surface area contributed by atoms with E-state index >= 15 is 0 Å². The molecule has 1 aromatic carbocycles. The van der Waals surface area contributed by atoms with Gasteiger partial charge in [-0.2, -0.15) is 0 Å². The Hall–Kier alpha value is 0.614. The van der Waals surface area contributed by atoms with Gasteiger partial charge in [-0.25, -0.2) is 0 Å². The Morgan fingerprint density at radius 2 is 1.38 bits per heavy atom. The average Bonchev–Trinajstić information content (AvgIpc) is 1.87. The normalized spacial score (nSPS) is 6.54. The molecule has 7 heteroatoms. The van der Waals surface area contributed by atoms with Gasteiger partial charge in [-0.3, -0.25) is 0 Å². The van der Waals surface area contributed by atoms with Gasteiger partial charge in [0.25, 0.3) is 0 Å². The zero-order valence-electron chi connectivity index (χ0n) is 6.92. The minimum atomic E-state index is -1.75. The van der Waals surface area contributed by atoms with Gasteiger partial charge < -0.3 is 15.3 Å². The molecule has 4 nitrogen and oxygen atoms in total. The minimum absolute atomic E-state index is 0. The molecule has 0 fully saturated rings. The van der Waals surface area contributed by atoms with Crippen molar-refractivity contribution in [3.8, 4) is 0 Å². The van der Waals surface area contributed by atoms with E-state index in [1.807, 2.05) is 30.3 Å². The number of hydrogen-bond acceptors (Lipinski definition) is 4. The van der Waals surface area contributed by atoms with Crippen LogP contribution in [0.1, 0.15) is 0 Å². The summed E-state index contributed by atoms with van der Waals surface area (Å²) in [6, 6.07) is 9.79. The van der Waals surface area contributed by atoms with Gasteiger partial charge in [-0.05, 0) is 12.1 Å². The first-order valence-corrected chi connectivity index (χ1v) is 3.13. The Labute approximate surface area is 122 Å². The summed E-state index contributed by atoms with van der Waals surface area (Å²) in [5.41, 5.74) is 0. The molecule has 0 N–H and O–H groups in total. The van der Waals surface area contributed by atoms with Gasteiger partial charge in [0.05, 0.1) is 5.09 Å². The molecule has 0 unspecified atom stereocenters. The quantitative estimate of drug-likeness (QED) is 0.199. The number of thiol groups is 1. The van der Waals surface area contributed by atoms with Gasteiger partial charge in [0, 0.05) is 4.90 Å². The van der Waals surface area contributed by atoms with E-state index in [9.17, 15) is 0 Å². The van der Waals surface area contributed by atoms with Crippen molar-refractivity contribution in [1.29, 1.82) is 0 Å². The van der Waals surface area contributed by atoms with E-state index in [0.717, 1.165) is 4.90 Å². The molecular weight excluding hydrogens is 581 g/mol. The average molecular weight is 591 g/mol. The Morgan fingerprint density at radius 3 is 1.54 bits per heavy atom. The van der Waals surface area contributed by atoms with Gasteiger partial charge in [-0.1, -0.05) is 18.2 Å². The fraction of sp³-hybridized carbons (Fsp3) is 0. The number of rotatable bonds is 0. The van der Waals surface area contributed by atoms with Gasteiger partial charge in [-0.15, -0.1) is 12.6 Å². The van der Waals surface area contributed by atoms with Gasteiger partial charge in [0.15, 0.2) is 0 Å². The van der Waals surface area contributed by atoms with Crippen molar-refractivity contribution >= 4 is 67.2 Å². The SMILES string of the molecule is O=[N+]([O-])[O-].Sc1ccccc1.[PbH2].[PbH2]. The molecule has 4 radical (unpaired) electrons. The van der Waals surface area contributed by atoms with Crippen LogP contribution in [0.5, 0.6) is 0 Å². The van der Waals surface area contributed by atoms with Crippen molar-refractivity contribution in [2.75, 3.05) is 0 Å². The standard InChI is InChI=1S/C6H6S.NO3.2Pb.4H/c7-6-4-2-1-3-5-6;2-1(3)4;;;;;;/h1-5,7H;;;;;;;/q;-1;;;;;;. The van der Waals surface area contributed by atoms with Crippen LogP contribution in [0.2, 0.25) is 0 Å². The number of nitrogens with zero attached hydrogens (tertiary/aromatic N) is 1. The molecule has 0 aliphatic carbocycles. The molecule has 13 heavy (non-hydrogen) atoms. The second-order valence-corrected chi connectivity index (χ2v) is 2.08.